The normalized spacial score (nSPS) is 10.9. The van der Waals surface area contributed by atoms with Gasteiger partial charge in [0.25, 0.3) is 0 Å². The quantitative estimate of drug-likeness (QED) is 0.0994. The number of carbonyl (C=O) groups excluding carboxylic acids is 1. The summed E-state index contributed by atoms with van der Waals surface area (Å²) in [5, 5.41) is 31.4. The highest BCUT2D eigenvalue weighted by atomic mass is 16.5. The Bertz CT molecular complexity index is 2370. The Kier molecular flexibility index (Phi) is 10.5. The second kappa shape index (κ2) is 15.7. The minimum absolute atomic E-state index is 0.101. The van der Waals surface area contributed by atoms with Crippen LogP contribution in [0.15, 0.2) is 104 Å². The second-order valence-corrected chi connectivity index (χ2v) is 12.2. The fourth-order valence-corrected chi connectivity index (χ4v) is 4.82. The molecule has 6 aromatic heterocycles. The molecule has 52 heavy (non-hydrogen) atoms. The van der Waals surface area contributed by atoms with Crippen LogP contribution in [0.4, 0.5) is 23.3 Å². The second-order valence-electron chi connectivity index (χ2n) is 12.2. The van der Waals surface area contributed by atoms with Gasteiger partial charge in [-0.05, 0) is 83.6 Å². The number of rotatable bonds is 9. The summed E-state index contributed by atoms with van der Waals surface area (Å²) in [5.41, 5.74) is 4.95. The Labute approximate surface area is 298 Å². The third kappa shape index (κ3) is 8.79. The van der Waals surface area contributed by atoms with Gasteiger partial charge in [0.15, 0.2) is 11.6 Å². The van der Waals surface area contributed by atoms with Gasteiger partial charge in [0.2, 0.25) is 0 Å². The number of carbonyl (C=O) groups is 2. The molecule has 0 fully saturated rings. The SMILES string of the molecule is CC(C)c1cnnc(Nc2ccc3ncc(C(=O)O)cc3n2)c1.CC(C)c1cnnc(Nc2ccc3ncc(C(=O)Oc4ccccc4)cc3n2)c1. The predicted octanol–water partition coefficient (Wildman–Crippen LogP) is 7.49. The summed E-state index contributed by atoms with van der Waals surface area (Å²) in [6.07, 6.45) is 6.28. The molecule has 3 N–H and O–H groups in total. The summed E-state index contributed by atoms with van der Waals surface area (Å²) in [6, 6.07) is 23.1. The summed E-state index contributed by atoms with van der Waals surface area (Å²) in [4.78, 5) is 40.8. The van der Waals surface area contributed by atoms with Crippen molar-refractivity contribution >= 4 is 57.3 Å². The standard InChI is InChI=1S/C22H19N5O2.C16H15N5O2/c1-14(2)15-11-21(27-24-13-15)26-20-9-8-18-19(25-20)10-16(12-23-18)22(28)29-17-6-4-3-5-7-17;1-9(2)10-6-15(21-18-8-10)20-14-4-3-12-13(19-14)5-11(7-17-12)16(22)23/h3-14H,1-2H3,(H,25,26,27);3-9H,1-2H3,(H,22,23)(H,19,20,21). The van der Waals surface area contributed by atoms with Gasteiger partial charge in [0.05, 0.1) is 45.6 Å². The molecule has 0 saturated heterocycles. The topological polar surface area (TPSA) is 191 Å². The minimum Gasteiger partial charge on any atom is -0.478 e. The number of esters is 1. The summed E-state index contributed by atoms with van der Waals surface area (Å²) < 4.78 is 5.37. The number of aromatic nitrogens is 8. The van der Waals surface area contributed by atoms with Crippen molar-refractivity contribution in [3.63, 3.8) is 0 Å². The van der Waals surface area contributed by atoms with Crippen LogP contribution in [0.3, 0.4) is 0 Å². The van der Waals surface area contributed by atoms with Crippen LogP contribution in [-0.2, 0) is 0 Å². The fraction of sp³-hybridized carbons (Fsp3) is 0.158. The Morgan fingerprint density at radius 1 is 0.596 bits per heavy atom. The number of aromatic carboxylic acids is 1. The van der Waals surface area contributed by atoms with Crippen molar-refractivity contribution in [2.75, 3.05) is 10.6 Å². The van der Waals surface area contributed by atoms with E-state index in [1.165, 1.54) is 18.5 Å². The predicted molar refractivity (Wildman–Crippen MR) is 196 cm³/mol. The van der Waals surface area contributed by atoms with Gasteiger partial charge in [-0.25, -0.2) is 19.6 Å². The molecule has 7 rings (SSSR count). The van der Waals surface area contributed by atoms with Gasteiger partial charge in [-0.15, -0.1) is 10.2 Å². The van der Waals surface area contributed by atoms with E-state index in [4.69, 9.17) is 9.84 Å². The fourth-order valence-electron chi connectivity index (χ4n) is 4.82. The van der Waals surface area contributed by atoms with Gasteiger partial charge in [-0.1, -0.05) is 45.9 Å². The molecule has 0 spiro atoms. The lowest BCUT2D eigenvalue weighted by atomic mass is 10.1. The van der Waals surface area contributed by atoms with Crippen molar-refractivity contribution < 1.29 is 19.4 Å². The number of pyridine rings is 4. The molecule has 0 bridgehead atoms. The maximum atomic E-state index is 12.4. The van der Waals surface area contributed by atoms with Crippen LogP contribution in [0, 0.1) is 0 Å². The number of para-hydroxylation sites is 1. The monoisotopic (exact) mass is 694 g/mol. The smallest absolute Gasteiger partial charge is 0.345 e. The number of anilines is 4. The summed E-state index contributed by atoms with van der Waals surface area (Å²) in [5.74, 6) is 1.98. The summed E-state index contributed by atoms with van der Waals surface area (Å²) in [6.45, 7) is 8.34. The van der Waals surface area contributed by atoms with E-state index in [0.29, 0.717) is 68.5 Å². The van der Waals surface area contributed by atoms with E-state index in [0.717, 1.165) is 11.1 Å². The largest absolute Gasteiger partial charge is 0.478 e. The van der Waals surface area contributed by atoms with Gasteiger partial charge >= 0.3 is 11.9 Å². The number of hydrogen-bond donors (Lipinski definition) is 3. The van der Waals surface area contributed by atoms with E-state index in [1.807, 2.05) is 24.3 Å². The van der Waals surface area contributed by atoms with Crippen molar-refractivity contribution in [2.45, 2.75) is 39.5 Å². The first-order valence-corrected chi connectivity index (χ1v) is 16.3. The number of fused-ring (bicyclic) bond motifs is 2. The van der Waals surface area contributed by atoms with Crippen molar-refractivity contribution in [2.24, 2.45) is 0 Å². The molecule has 0 radical (unpaired) electrons. The van der Waals surface area contributed by atoms with Gasteiger partial charge in [0.1, 0.15) is 17.4 Å². The highest BCUT2D eigenvalue weighted by Crippen LogP contribution is 2.22. The van der Waals surface area contributed by atoms with Crippen molar-refractivity contribution in [1.29, 1.82) is 0 Å². The third-order valence-electron chi connectivity index (χ3n) is 7.71. The maximum absolute atomic E-state index is 12.4. The van der Waals surface area contributed by atoms with E-state index >= 15 is 0 Å². The first kappa shape index (κ1) is 34.9. The molecule has 260 valence electrons. The molecule has 14 nitrogen and oxygen atoms in total. The highest BCUT2D eigenvalue weighted by molar-refractivity contribution is 5.94. The number of nitrogens with zero attached hydrogens (tertiary/aromatic N) is 8. The van der Waals surface area contributed by atoms with Gasteiger partial charge in [-0.2, -0.15) is 10.2 Å². The molecular weight excluding hydrogens is 660 g/mol. The van der Waals surface area contributed by atoms with Crippen LogP contribution in [0.2, 0.25) is 0 Å². The zero-order valence-corrected chi connectivity index (χ0v) is 28.7. The van der Waals surface area contributed by atoms with E-state index in [9.17, 15) is 9.59 Å². The van der Waals surface area contributed by atoms with E-state index in [2.05, 4.69) is 78.7 Å². The number of carboxylic acids is 1. The Morgan fingerprint density at radius 3 is 1.60 bits per heavy atom. The number of nitrogens with one attached hydrogen (secondary N) is 2. The minimum atomic E-state index is -1.03. The van der Waals surface area contributed by atoms with E-state index in [1.54, 1.807) is 60.9 Å². The van der Waals surface area contributed by atoms with E-state index < -0.39 is 11.9 Å². The number of ether oxygens (including phenoxy) is 1. The highest BCUT2D eigenvalue weighted by Gasteiger charge is 2.12. The van der Waals surface area contributed by atoms with Crippen LogP contribution in [0.1, 0.15) is 71.4 Å². The van der Waals surface area contributed by atoms with Crippen LogP contribution >= 0.6 is 0 Å². The number of carboxylic acid groups (broad SMARTS) is 1. The number of hydrogen-bond acceptors (Lipinski definition) is 13. The van der Waals surface area contributed by atoms with Crippen molar-refractivity contribution in [3.8, 4) is 5.75 Å². The average Bonchev–Trinajstić information content (AvgIpc) is 3.15. The van der Waals surface area contributed by atoms with Crippen LogP contribution in [-0.4, -0.2) is 57.4 Å². The van der Waals surface area contributed by atoms with Crippen LogP contribution in [0.5, 0.6) is 5.75 Å². The maximum Gasteiger partial charge on any atom is 0.345 e. The molecule has 14 heteroatoms. The number of benzene rings is 1. The van der Waals surface area contributed by atoms with Crippen LogP contribution < -0.4 is 15.4 Å². The van der Waals surface area contributed by atoms with Crippen molar-refractivity contribution in [3.05, 3.63) is 126 Å². The lowest BCUT2D eigenvalue weighted by Gasteiger charge is -2.09. The van der Waals surface area contributed by atoms with Gasteiger partial charge in [-0.3, -0.25) is 9.97 Å². The molecule has 0 saturated carbocycles. The molecule has 0 amide bonds. The lowest BCUT2D eigenvalue weighted by Crippen LogP contribution is -2.09. The molecule has 6 heterocycles. The molecule has 0 unspecified atom stereocenters. The first-order valence-electron chi connectivity index (χ1n) is 16.3. The average molecular weight is 695 g/mol. The van der Waals surface area contributed by atoms with Gasteiger partial charge < -0.3 is 20.5 Å². The third-order valence-corrected chi connectivity index (χ3v) is 7.71. The molecule has 7 aromatic rings. The summed E-state index contributed by atoms with van der Waals surface area (Å²) >= 11 is 0. The Balaban J connectivity index is 0.000000183. The lowest BCUT2D eigenvalue weighted by molar-refractivity contribution is 0.0694. The zero-order chi connectivity index (χ0) is 36.6. The first-order chi connectivity index (χ1) is 25.1. The van der Waals surface area contributed by atoms with Gasteiger partial charge in [0, 0.05) is 12.4 Å². The molecule has 0 aliphatic heterocycles. The molecule has 1 aromatic carbocycles. The molecule has 0 aliphatic rings. The zero-order valence-electron chi connectivity index (χ0n) is 28.7. The Morgan fingerprint density at radius 2 is 1.10 bits per heavy atom. The Hall–Kier alpha value is -6.96. The van der Waals surface area contributed by atoms with Crippen LogP contribution in [0.25, 0.3) is 22.1 Å². The molecule has 0 atom stereocenters. The molecule has 0 aliphatic carbocycles. The van der Waals surface area contributed by atoms with Crippen molar-refractivity contribution in [1.82, 2.24) is 40.3 Å². The summed E-state index contributed by atoms with van der Waals surface area (Å²) in [7, 11) is 0. The van der Waals surface area contributed by atoms with E-state index in [-0.39, 0.29) is 5.56 Å². The molecular formula is C38H34N10O4.